The molecule has 0 bridgehead atoms. The van der Waals surface area contributed by atoms with Crippen LogP contribution in [-0.4, -0.2) is 19.8 Å². The average Bonchev–Trinajstić information content (AvgIpc) is 2.35. The van der Waals surface area contributed by atoms with Crippen LogP contribution in [0.3, 0.4) is 0 Å². The second-order valence-corrected chi connectivity index (χ2v) is 5.05. The van der Waals surface area contributed by atoms with Crippen LogP contribution in [0.4, 0.5) is 0 Å². The maximum atomic E-state index is 5.92. The molecule has 1 aliphatic heterocycles. The van der Waals surface area contributed by atoms with Crippen LogP contribution in [0.2, 0.25) is 0 Å². The van der Waals surface area contributed by atoms with E-state index in [-0.39, 0.29) is 11.7 Å². The third-order valence-electron chi connectivity index (χ3n) is 3.19. The van der Waals surface area contributed by atoms with E-state index in [2.05, 4.69) is 18.2 Å². The molecule has 3 heteroatoms. The van der Waals surface area contributed by atoms with Crippen molar-refractivity contribution in [2.75, 3.05) is 14.2 Å². The Kier molecular flexibility index (Phi) is 3.35. The summed E-state index contributed by atoms with van der Waals surface area (Å²) in [5.74, 6) is 1.65. The van der Waals surface area contributed by atoms with Gasteiger partial charge in [-0.3, -0.25) is 0 Å². The van der Waals surface area contributed by atoms with Crippen molar-refractivity contribution in [3.8, 4) is 11.5 Å². The molecule has 0 saturated heterocycles. The van der Waals surface area contributed by atoms with E-state index in [4.69, 9.17) is 14.2 Å². The predicted molar refractivity (Wildman–Crippen MR) is 72.2 cm³/mol. The van der Waals surface area contributed by atoms with Crippen molar-refractivity contribution in [2.45, 2.75) is 32.5 Å². The van der Waals surface area contributed by atoms with Crippen molar-refractivity contribution in [2.24, 2.45) is 0 Å². The second kappa shape index (κ2) is 4.65. The van der Waals surface area contributed by atoms with Crippen molar-refractivity contribution in [3.63, 3.8) is 0 Å². The van der Waals surface area contributed by atoms with Gasteiger partial charge in [0.1, 0.15) is 17.1 Å². The van der Waals surface area contributed by atoms with Gasteiger partial charge in [0.05, 0.1) is 13.2 Å². The Bertz CT molecular complexity index is 475. The van der Waals surface area contributed by atoms with Gasteiger partial charge < -0.3 is 14.2 Å². The minimum atomic E-state index is -0.271. The maximum absolute atomic E-state index is 5.92. The third-order valence-corrected chi connectivity index (χ3v) is 3.19. The highest BCUT2D eigenvalue weighted by atomic mass is 16.5. The first kappa shape index (κ1) is 13.0. The molecule has 1 heterocycles. The molecular weight excluding hydrogens is 228 g/mol. The van der Waals surface area contributed by atoms with Gasteiger partial charge in [0.25, 0.3) is 0 Å². The highest BCUT2D eigenvalue weighted by molar-refractivity contribution is 5.64. The van der Waals surface area contributed by atoms with Crippen LogP contribution in [0.25, 0.3) is 6.08 Å². The zero-order valence-corrected chi connectivity index (χ0v) is 11.6. The summed E-state index contributed by atoms with van der Waals surface area (Å²) in [5.41, 5.74) is 1.83. The fourth-order valence-electron chi connectivity index (χ4n) is 2.04. The van der Waals surface area contributed by atoms with E-state index in [0.717, 1.165) is 22.6 Å². The molecule has 0 fully saturated rings. The topological polar surface area (TPSA) is 27.7 Å². The van der Waals surface area contributed by atoms with Gasteiger partial charge in [0, 0.05) is 24.3 Å². The molecule has 1 aliphatic rings. The van der Waals surface area contributed by atoms with Gasteiger partial charge in [-0.15, -0.1) is 0 Å². The van der Waals surface area contributed by atoms with Crippen LogP contribution in [0.15, 0.2) is 18.2 Å². The van der Waals surface area contributed by atoms with E-state index >= 15 is 0 Å². The van der Waals surface area contributed by atoms with E-state index in [0.29, 0.717) is 0 Å². The van der Waals surface area contributed by atoms with E-state index in [1.54, 1.807) is 14.2 Å². The van der Waals surface area contributed by atoms with E-state index in [9.17, 15) is 0 Å². The number of benzene rings is 1. The fraction of sp³-hybridized carbons (Fsp3) is 0.467. The molecular formula is C15H20O3. The van der Waals surface area contributed by atoms with Crippen molar-refractivity contribution in [1.82, 2.24) is 0 Å². The Morgan fingerprint density at radius 1 is 1.22 bits per heavy atom. The minimum Gasteiger partial charge on any atom is -0.496 e. The molecule has 1 aromatic carbocycles. The van der Waals surface area contributed by atoms with Gasteiger partial charge in [-0.2, -0.15) is 0 Å². The van der Waals surface area contributed by atoms with Crippen LogP contribution in [0.5, 0.6) is 11.5 Å². The normalized spacial score (nSPS) is 17.8. The van der Waals surface area contributed by atoms with Gasteiger partial charge in [-0.05, 0) is 32.9 Å². The fourth-order valence-corrected chi connectivity index (χ4v) is 2.04. The van der Waals surface area contributed by atoms with Crippen molar-refractivity contribution in [1.29, 1.82) is 0 Å². The number of hydrogen-bond acceptors (Lipinski definition) is 3. The van der Waals surface area contributed by atoms with Crippen LogP contribution in [0.1, 0.15) is 38.0 Å². The Morgan fingerprint density at radius 2 is 1.94 bits per heavy atom. The minimum absolute atomic E-state index is 0.00594. The molecule has 98 valence electrons. The SMILES string of the molecule is COc1cc2c(cc1[C@@H](C)OC)C=CC(C)(C)O2. The molecule has 2 rings (SSSR count). The largest absolute Gasteiger partial charge is 0.496 e. The van der Waals surface area contributed by atoms with Crippen molar-refractivity contribution >= 4 is 6.08 Å². The first-order valence-electron chi connectivity index (χ1n) is 6.10. The van der Waals surface area contributed by atoms with E-state index in [1.807, 2.05) is 26.8 Å². The Balaban J connectivity index is 2.49. The average molecular weight is 248 g/mol. The van der Waals surface area contributed by atoms with Crippen LogP contribution < -0.4 is 9.47 Å². The Hall–Kier alpha value is -1.48. The third kappa shape index (κ3) is 2.36. The number of rotatable bonds is 3. The molecule has 18 heavy (non-hydrogen) atoms. The molecule has 0 N–H and O–H groups in total. The zero-order valence-electron chi connectivity index (χ0n) is 11.6. The Labute approximate surface area is 108 Å². The number of fused-ring (bicyclic) bond motifs is 1. The molecule has 3 nitrogen and oxygen atoms in total. The number of ether oxygens (including phenoxy) is 3. The lowest BCUT2D eigenvalue weighted by molar-refractivity contribution is 0.116. The summed E-state index contributed by atoms with van der Waals surface area (Å²) in [4.78, 5) is 0. The lowest BCUT2D eigenvalue weighted by Gasteiger charge is -2.29. The molecule has 0 aliphatic carbocycles. The quantitative estimate of drug-likeness (QED) is 0.818. The first-order valence-corrected chi connectivity index (χ1v) is 6.10. The maximum Gasteiger partial charge on any atom is 0.131 e. The standard InChI is InChI=1S/C15H20O3/c1-10(16-4)12-8-11-6-7-15(2,3)18-13(11)9-14(12)17-5/h6-10H,1-5H3/t10-/m1/s1. The zero-order chi connectivity index (χ0) is 13.3. The molecule has 0 radical (unpaired) electrons. The Morgan fingerprint density at radius 3 is 2.56 bits per heavy atom. The monoisotopic (exact) mass is 248 g/mol. The highest BCUT2D eigenvalue weighted by Gasteiger charge is 2.24. The van der Waals surface area contributed by atoms with Crippen LogP contribution in [-0.2, 0) is 4.74 Å². The first-order chi connectivity index (χ1) is 8.46. The summed E-state index contributed by atoms with van der Waals surface area (Å²) in [6.45, 7) is 6.07. The van der Waals surface area contributed by atoms with E-state index < -0.39 is 0 Å². The molecule has 0 aromatic heterocycles. The summed E-state index contributed by atoms with van der Waals surface area (Å²) in [6.07, 6.45) is 4.14. The molecule has 0 saturated carbocycles. The van der Waals surface area contributed by atoms with Crippen molar-refractivity contribution in [3.05, 3.63) is 29.3 Å². The summed E-state index contributed by atoms with van der Waals surface area (Å²) >= 11 is 0. The van der Waals surface area contributed by atoms with Gasteiger partial charge in [0.15, 0.2) is 0 Å². The lowest BCUT2D eigenvalue weighted by atomic mass is 9.98. The van der Waals surface area contributed by atoms with Crippen LogP contribution in [0, 0.1) is 0 Å². The van der Waals surface area contributed by atoms with Crippen LogP contribution >= 0.6 is 0 Å². The summed E-state index contributed by atoms with van der Waals surface area (Å²) in [5, 5.41) is 0. The molecule has 1 atom stereocenters. The molecule has 0 unspecified atom stereocenters. The predicted octanol–water partition coefficient (Wildman–Crippen LogP) is 3.59. The molecule has 1 aromatic rings. The molecule has 0 spiro atoms. The smallest absolute Gasteiger partial charge is 0.131 e. The summed E-state index contributed by atoms with van der Waals surface area (Å²) in [6, 6.07) is 4.00. The van der Waals surface area contributed by atoms with Gasteiger partial charge in [0.2, 0.25) is 0 Å². The summed E-state index contributed by atoms with van der Waals surface area (Å²) < 4.78 is 16.7. The number of hydrogen-bond donors (Lipinski definition) is 0. The second-order valence-electron chi connectivity index (χ2n) is 5.05. The summed E-state index contributed by atoms with van der Waals surface area (Å²) in [7, 11) is 3.36. The molecule has 0 amide bonds. The number of methoxy groups -OCH3 is 2. The van der Waals surface area contributed by atoms with Gasteiger partial charge in [-0.25, -0.2) is 0 Å². The lowest BCUT2D eigenvalue weighted by Crippen LogP contribution is -2.27. The van der Waals surface area contributed by atoms with Crippen molar-refractivity contribution < 1.29 is 14.2 Å². The van der Waals surface area contributed by atoms with E-state index in [1.165, 1.54) is 0 Å². The van der Waals surface area contributed by atoms with Gasteiger partial charge in [-0.1, -0.05) is 6.08 Å². The highest BCUT2D eigenvalue weighted by Crippen LogP contribution is 2.38. The van der Waals surface area contributed by atoms with Gasteiger partial charge >= 0.3 is 0 Å².